The molecule has 2 aliphatic rings. The van der Waals surface area contributed by atoms with Gasteiger partial charge in [-0.1, -0.05) is 30.3 Å². The molecule has 1 saturated carbocycles. The first-order chi connectivity index (χ1) is 10.4. The van der Waals surface area contributed by atoms with Gasteiger partial charge < -0.3 is 4.74 Å². The van der Waals surface area contributed by atoms with Gasteiger partial charge in [0.05, 0.1) is 12.2 Å². The van der Waals surface area contributed by atoms with Gasteiger partial charge in [-0.05, 0) is 32.3 Å². The molecule has 1 aromatic carbocycles. The van der Waals surface area contributed by atoms with Crippen LogP contribution in [-0.2, 0) is 20.4 Å². The number of morpholine rings is 1. The van der Waals surface area contributed by atoms with Gasteiger partial charge >= 0.3 is 0 Å². The summed E-state index contributed by atoms with van der Waals surface area (Å²) >= 11 is 0. The van der Waals surface area contributed by atoms with Gasteiger partial charge in [-0.2, -0.15) is 12.7 Å². The van der Waals surface area contributed by atoms with Gasteiger partial charge in [0.25, 0.3) is 10.2 Å². The number of rotatable bonds is 5. The summed E-state index contributed by atoms with van der Waals surface area (Å²) < 4.78 is 35.0. The molecule has 6 heteroatoms. The Bertz CT molecular complexity index is 604. The lowest BCUT2D eigenvalue weighted by atomic mass is 9.96. The fraction of sp³-hybridized carbons (Fsp3) is 0.625. The Morgan fingerprint density at radius 2 is 1.77 bits per heavy atom. The molecule has 1 aliphatic carbocycles. The van der Waals surface area contributed by atoms with Crippen LogP contribution in [0.5, 0.6) is 0 Å². The minimum atomic E-state index is -3.45. The second-order valence-corrected chi connectivity index (χ2v) is 8.30. The highest BCUT2D eigenvalue weighted by molar-refractivity contribution is 7.87. The van der Waals surface area contributed by atoms with E-state index in [1.165, 1.54) is 9.87 Å². The van der Waals surface area contributed by atoms with E-state index >= 15 is 0 Å². The van der Waals surface area contributed by atoms with Gasteiger partial charge in [-0.25, -0.2) is 4.72 Å². The first-order valence-corrected chi connectivity index (χ1v) is 9.31. The fourth-order valence-corrected chi connectivity index (χ4v) is 4.61. The minimum absolute atomic E-state index is 0.0160. The largest absolute Gasteiger partial charge is 0.373 e. The molecule has 2 fully saturated rings. The number of ether oxygens (including phenoxy) is 1. The van der Waals surface area contributed by atoms with E-state index in [0.717, 1.165) is 12.8 Å². The average Bonchev–Trinajstić information content (AvgIpc) is 3.27. The van der Waals surface area contributed by atoms with Crippen LogP contribution in [0.4, 0.5) is 0 Å². The van der Waals surface area contributed by atoms with E-state index in [4.69, 9.17) is 4.74 Å². The fourth-order valence-electron chi connectivity index (χ4n) is 3.16. The topological polar surface area (TPSA) is 58.6 Å². The molecule has 22 heavy (non-hydrogen) atoms. The highest BCUT2D eigenvalue weighted by atomic mass is 32.2. The summed E-state index contributed by atoms with van der Waals surface area (Å²) in [6.45, 7) is 5.12. The molecule has 0 spiro atoms. The standard InChI is InChI=1S/C16H24N2O3S/c1-13-10-18(11-14(2)21-13)22(19,20)17-12-16(8-9-16)15-6-4-3-5-7-15/h3-7,13-14,17H,8-12H2,1-2H3/t13-,14-/m1/s1. The van der Waals surface area contributed by atoms with Crippen LogP contribution in [0.1, 0.15) is 32.3 Å². The predicted octanol–water partition coefficient (Wildman–Crippen LogP) is 1.66. The van der Waals surface area contributed by atoms with Crippen LogP contribution in [0.2, 0.25) is 0 Å². The van der Waals surface area contributed by atoms with E-state index in [2.05, 4.69) is 16.9 Å². The van der Waals surface area contributed by atoms with Crippen LogP contribution in [0.15, 0.2) is 30.3 Å². The Morgan fingerprint density at radius 1 is 1.18 bits per heavy atom. The summed E-state index contributed by atoms with van der Waals surface area (Å²) in [5.41, 5.74) is 1.21. The normalized spacial score (nSPS) is 28.5. The number of hydrogen-bond acceptors (Lipinski definition) is 3. The van der Waals surface area contributed by atoms with Gasteiger partial charge in [0.1, 0.15) is 0 Å². The Hall–Kier alpha value is -0.950. The molecule has 0 bridgehead atoms. The van der Waals surface area contributed by atoms with Gasteiger partial charge in [0.2, 0.25) is 0 Å². The molecule has 1 heterocycles. The minimum Gasteiger partial charge on any atom is -0.373 e. The maximum atomic E-state index is 12.5. The molecular weight excluding hydrogens is 300 g/mol. The van der Waals surface area contributed by atoms with Crippen LogP contribution in [0.3, 0.4) is 0 Å². The van der Waals surface area contributed by atoms with Crippen molar-refractivity contribution in [2.45, 2.75) is 44.3 Å². The molecule has 5 nitrogen and oxygen atoms in total. The number of nitrogens with one attached hydrogen (secondary N) is 1. The third-order valence-corrected chi connectivity index (χ3v) is 6.05. The van der Waals surface area contributed by atoms with Crippen molar-refractivity contribution in [3.8, 4) is 0 Å². The molecule has 122 valence electrons. The Balaban J connectivity index is 1.66. The summed E-state index contributed by atoms with van der Waals surface area (Å²) in [6.07, 6.45) is 1.94. The molecule has 3 rings (SSSR count). The predicted molar refractivity (Wildman–Crippen MR) is 85.9 cm³/mol. The quantitative estimate of drug-likeness (QED) is 0.896. The van der Waals surface area contributed by atoms with Gasteiger partial charge in [-0.15, -0.1) is 0 Å². The highest BCUT2D eigenvalue weighted by Crippen LogP contribution is 2.47. The summed E-state index contributed by atoms with van der Waals surface area (Å²) in [7, 11) is -3.45. The van der Waals surface area contributed by atoms with Crippen molar-refractivity contribution in [3.05, 3.63) is 35.9 Å². The zero-order valence-corrected chi connectivity index (χ0v) is 14.0. The molecule has 0 aromatic heterocycles. The zero-order valence-electron chi connectivity index (χ0n) is 13.2. The third kappa shape index (κ3) is 3.35. The third-order valence-electron chi connectivity index (χ3n) is 4.56. The Morgan fingerprint density at radius 3 is 2.32 bits per heavy atom. The molecule has 1 N–H and O–H groups in total. The van der Waals surface area contributed by atoms with E-state index in [9.17, 15) is 8.42 Å². The lowest BCUT2D eigenvalue weighted by Crippen LogP contribution is -2.52. The van der Waals surface area contributed by atoms with Crippen molar-refractivity contribution >= 4 is 10.2 Å². The van der Waals surface area contributed by atoms with E-state index in [-0.39, 0.29) is 17.6 Å². The van der Waals surface area contributed by atoms with Crippen LogP contribution in [0, 0.1) is 0 Å². The van der Waals surface area contributed by atoms with Crippen LogP contribution >= 0.6 is 0 Å². The summed E-state index contributed by atoms with van der Waals surface area (Å²) in [5, 5.41) is 0. The number of benzene rings is 1. The molecule has 2 atom stereocenters. The van der Waals surface area contributed by atoms with Gasteiger partial charge in [0.15, 0.2) is 0 Å². The first-order valence-electron chi connectivity index (χ1n) is 7.87. The molecule has 0 radical (unpaired) electrons. The second kappa shape index (κ2) is 5.92. The molecule has 1 aromatic rings. The van der Waals surface area contributed by atoms with E-state index in [0.29, 0.717) is 19.6 Å². The second-order valence-electron chi connectivity index (χ2n) is 6.55. The van der Waals surface area contributed by atoms with E-state index < -0.39 is 10.2 Å². The summed E-state index contributed by atoms with van der Waals surface area (Å²) in [6, 6.07) is 10.2. The van der Waals surface area contributed by atoms with Crippen LogP contribution in [-0.4, -0.2) is 44.6 Å². The van der Waals surface area contributed by atoms with Crippen molar-refractivity contribution in [2.75, 3.05) is 19.6 Å². The van der Waals surface area contributed by atoms with E-state index in [1.807, 2.05) is 32.0 Å². The van der Waals surface area contributed by atoms with Gasteiger partial charge in [0, 0.05) is 25.0 Å². The Kier molecular flexibility index (Phi) is 4.29. The van der Waals surface area contributed by atoms with Crippen molar-refractivity contribution in [1.82, 2.24) is 9.03 Å². The Labute approximate surface area is 132 Å². The lowest BCUT2D eigenvalue weighted by Gasteiger charge is -2.34. The van der Waals surface area contributed by atoms with Gasteiger partial charge in [-0.3, -0.25) is 0 Å². The van der Waals surface area contributed by atoms with Crippen molar-refractivity contribution in [1.29, 1.82) is 0 Å². The monoisotopic (exact) mass is 324 g/mol. The van der Waals surface area contributed by atoms with Crippen molar-refractivity contribution in [3.63, 3.8) is 0 Å². The van der Waals surface area contributed by atoms with Crippen molar-refractivity contribution < 1.29 is 13.2 Å². The zero-order chi connectivity index (χ0) is 15.8. The summed E-state index contributed by atoms with van der Waals surface area (Å²) in [5.74, 6) is 0. The van der Waals surface area contributed by atoms with E-state index in [1.54, 1.807) is 0 Å². The average molecular weight is 324 g/mol. The SMILES string of the molecule is C[C@@H]1CN(S(=O)(=O)NCC2(c3ccccc3)CC2)C[C@@H](C)O1. The van der Waals surface area contributed by atoms with Crippen LogP contribution < -0.4 is 4.72 Å². The smallest absolute Gasteiger partial charge is 0.279 e. The summed E-state index contributed by atoms with van der Waals surface area (Å²) in [4.78, 5) is 0. The lowest BCUT2D eigenvalue weighted by molar-refractivity contribution is -0.0444. The molecule has 1 aliphatic heterocycles. The molecule has 1 saturated heterocycles. The first kappa shape index (κ1) is 15.9. The highest BCUT2D eigenvalue weighted by Gasteiger charge is 2.45. The number of hydrogen-bond donors (Lipinski definition) is 1. The molecular formula is C16H24N2O3S. The van der Waals surface area contributed by atoms with Crippen molar-refractivity contribution in [2.24, 2.45) is 0 Å². The number of nitrogens with zero attached hydrogens (tertiary/aromatic N) is 1. The maximum Gasteiger partial charge on any atom is 0.279 e. The molecule has 0 amide bonds. The van der Waals surface area contributed by atoms with Crippen LogP contribution in [0.25, 0.3) is 0 Å². The maximum absolute atomic E-state index is 12.5. The molecule has 0 unspecified atom stereocenters.